The van der Waals surface area contributed by atoms with Gasteiger partial charge in [0, 0.05) is 24.5 Å². The van der Waals surface area contributed by atoms with Gasteiger partial charge in [0.1, 0.15) is 0 Å². The third-order valence-electron chi connectivity index (χ3n) is 2.55. The van der Waals surface area contributed by atoms with E-state index >= 15 is 0 Å². The van der Waals surface area contributed by atoms with E-state index in [0.717, 1.165) is 23.8 Å². The summed E-state index contributed by atoms with van der Waals surface area (Å²) in [5, 5.41) is 6.72. The molecule has 3 nitrogen and oxygen atoms in total. The first-order chi connectivity index (χ1) is 7.13. The van der Waals surface area contributed by atoms with Crippen LogP contribution in [0.3, 0.4) is 0 Å². The number of rotatable bonds is 6. The summed E-state index contributed by atoms with van der Waals surface area (Å²) in [6.07, 6.45) is 1.18. The molecule has 4 heteroatoms. The first kappa shape index (κ1) is 12.6. The van der Waals surface area contributed by atoms with Crippen LogP contribution in [0.25, 0.3) is 0 Å². The summed E-state index contributed by atoms with van der Waals surface area (Å²) in [7, 11) is 4.26. The fourth-order valence-corrected chi connectivity index (χ4v) is 2.16. The fourth-order valence-electron chi connectivity index (χ4n) is 1.55. The number of hydrogen-bond donors (Lipinski definition) is 1. The molecule has 86 valence electrons. The van der Waals surface area contributed by atoms with Gasteiger partial charge in [-0.15, -0.1) is 11.3 Å². The normalized spacial score (nSPS) is 13.4. The average molecular weight is 227 g/mol. The van der Waals surface area contributed by atoms with Crippen LogP contribution >= 0.6 is 11.3 Å². The molecule has 0 bridgehead atoms. The highest BCUT2D eigenvalue weighted by Crippen LogP contribution is 2.07. The summed E-state index contributed by atoms with van der Waals surface area (Å²) < 4.78 is 0. The second-order valence-electron chi connectivity index (χ2n) is 4.01. The van der Waals surface area contributed by atoms with Crippen molar-refractivity contribution in [2.75, 3.05) is 20.6 Å². The Bertz CT molecular complexity index is 283. The van der Waals surface area contributed by atoms with Crippen LogP contribution in [0.4, 0.5) is 0 Å². The number of hydrogen-bond acceptors (Lipinski definition) is 4. The Morgan fingerprint density at radius 3 is 2.73 bits per heavy atom. The highest BCUT2D eigenvalue weighted by molar-refractivity contribution is 7.09. The van der Waals surface area contributed by atoms with Gasteiger partial charge in [0.15, 0.2) is 0 Å². The Balaban J connectivity index is 2.26. The molecule has 1 aromatic rings. The molecule has 0 saturated heterocycles. The molecule has 1 N–H and O–H groups in total. The Hall–Kier alpha value is -0.450. The average Bonchev–Trinajstić information content (AvgIpc) is 2.58. The molecule has 1 heterocycles. The Morgan fingerprint density at radius 2 is 2.27 bits per heavy atom. The van der Waals surface area contributed by atoms with Gasteiger partial charge in [-0.05, 0) is 27.4 Å². The van der Waals surface area contributed by atoms with Crippen molar-refractivity contribution in [1.29, 1.82) is 0 Å². The quantitative estimate of drug-likeness (QED) is 0.804. The van der Waals surface area contributed by atoms with Crippen LogP contribution in [0.15, 0.2) is 5.38 Å². The van der Waals surface area contributed by atoms with E-state index in [0.29, 0.717) is 6.04 Å². The molecule has 0 aliphatic carbocycles. The van der Waals surface area contributed by atoms with Crippen LogP contribution in [0, 0.1) is 6.92 Å². The number of thiazole rings is 1. The zero-order valence-corrected chi connectivity index (χ0v) is 10.9. The van der Waals surface area contributed by atoms with Gasteiger partial charge in [0.2, 0.25) is 0 Å². The molecule has 0 fully saturated rings. The standard InChI is InChI=1S/C11H21N3S/c1-5-11(14(3)4)7-12-6-10-8-15-9(2)13-10/h8,11-12H,5-7H2,1-4H3. The maximum atomic E-state index is 4.42. The van der Waals surface area contributed by atoms with Gasteiger partial charge in [0.25, 0.3) is 0 Å². The Kier molecular flexibility index (Phi) is 5.22. The number of aromatic nitrogens is 1. The van der Waals surface area contributed by atoms with E-state index in [9.17, 15) is 0 Å². The summed E-state index contributed by atoms with van der Waals surface area (Å²) in [6.45, 7) is 6.18. The van der Waals surface area contributed by atoms with E-state index in [1.165, 1.54) is 6.42 Å². The number of likely N-dealkylation sites (N-methyl/N-ethyl adjacent to an activating group) is 1. The minimum atomic E-state index is 0.615. The van der Waals surface area contributed by atoms with Crippen LogP contribution in [0.1, 0.15) is 24.0 Å². The first-order valence-electron chi connectivity index (χ1n) is 5.41. The van der Waals surface area contributed by atoms with Crippen molar-refractivity contribution in [3.05, 3.63) is 16.1 Å². The molecule has 1 rings (SSSR count). The highest BCUT2D eigenvalue weighted by Gasteiger charge is 2.07. The lowest BCUT2D eigenvalue weighted by atomic mass is 10.2. The minimum absolute atomic E-state index is 0.615. The number of nitrogens with zero attached hydrogens (tertiary/aromatic N) is 2. The zero-order chi connectivity index (χ0) is 11.3. The van der Waals surface area contributed by atoms with Gasteiger partial charge < -0.3 is 10.2 Å². The Morgan fingerprint density at radius 1 is 1.53 bits per heavy atom. The number of aryl methyl sites for hydroxylation is 1. The van der Waals surface area contributed by atoms with Crippen molar-refractivity contribution in [2.24, 2.45) is 0 Å². The third kappa shape index (κ3) is 4.28. The van der Waals surface area contributed by atoms with Crippen LogP contribution in [-0.2, 0) is 6.54 Å². The molecule has 0 aromatic carbocycles. The molecule has 1 atom stereocenters. The molecule has 0 aliphatic heterocycles. The second kappa shape index (κ2) is 6.20. The lowest BCUT2D eigenvalue weighted by Gasteiger charge is -2.22. The summed E-state index contributed by atoms with van der Waals surface area (Å²) in [6, 6.07) is 0.615. The van der Waals surface area contributed by atoms with Crippen molar-refractivity contribution in [2.45, 2.75) is 32.9 Å². The smallest absolute Gasteiger partial charge is 0.0897 e. The van der Waals surface area contributed by atoms with Gasteiger partial charge in [-0.2, -0.15) is 0 Å². The van der Waals surface area contributed by atoms with Gasteiger partial charge in [-0.3, -0.25) is 0 Å². The minimum Gasteiger partial charge on any atom is -0.310 e. The fraction of sp³-hybridized carbons (Fsp3) is 0.727. The summed E-state index contributed by atoms with van der Waals surface area (Å²) >= 11 is 1.71. The van der Waals surface area contributed by atoms with Crippen molar-refractivity contribution in [1.82, 2.24) is 15.2 Å². The van der Waals surface area contributed by atoms with Crippen molar-refractivity contribution in [3.8, 4) is 0 Å². The maximum absolute atomic E-state index is 4.42. The molecule has 1 aromatic heterocycles. The lowest BCUT2D eigenvalue weighted by Crippen LogP contribution is -2.37. The first-order valence-corrected chi connectivity index (χ1v) is 6.29. The molecule has 0 radical (unpaired) electrons. The van der Waals surface area contributed by atoms with Gasteiger partial charge in [-0.25, -0.2) is 4.98 Å². The number of nitrogens with one attached hydrogen (secondary N) is 1. The van der Waals surface area contributed by atoms with Crippen LogP contribution < -0.4 is 5.32 Å². The van der Waals surface area contributed by atoms with E-state index in [-0.39, 0.29) is 0 Å². The van der Waals surface area contributed by atoms with E-state index < -0.39 is 0 Å². The van der Waals surface area contributed by atoms with E-state index in [2.05, 4.69) is 41.6 Å². The topological polar surface area (TPSA) is 28.2 Å². The Labute approximate surface area is 96.5 Å². The van der Waals surface area contributed by atoms with Crippen LogP contribution in [0.2, 0.25) is 0 Å². The molecule has 1 unspecified atom stereocenters. The maximum Gasteiger partial charge on any atom is 0.0897 e. The molecule has 0 amide bonds. The van der Waals surface area contributed by atoms with Crippen molar-refractivity contribution >= 4 is 11.3 Å². The SMILES string of the molecule is CCC(CNCc1csc(C)n1)N(C)C. The zero-order valence-electron chi connectivity index (χ0n) is 10.1. The summed E-state index contributed by atoms with van der Waals surface area (Å²) in [5.74, 6) is 0. The van der Waals surface area contributed by atoms with Gasteiger partial charge in [0.05, 0.1) is 10.7 Å². The molecule has 15 heavy (non-hydrogen) atoms. The predicted molar refractivity (Wildman–Crippen MR) is 66.3 cm³/mol. The van der Waals surface area contributed by atoms with Gasteiger partial charge >= 0.3 is 0 Å². The largest absolute Gasteiger partial charge is 0.310 e. The predicted octanol–water partition coefficient (Wildman–Crippen LogP) is 1.88. The highest BCUT2D eigenvalue weighted by atomic mass is 32.1. The summed E-state index contributed by atoms with van der Waals surface area (Å²) in [4.78, 5) is 6.68. The molecular weight excluding hydrogens is 206 g/mol. The monoisotopic (exact) mass is 227 g/mol. The molecule has 0 aliphatic rings. The van der Waals surface area contributed by atoms with Crippen LogP contribution in [0.5, 0.6) is 0 Å². The van der Waals surface area contributed by atoms with Gasteiger partial charge in [-0.1, -0.05) is 6.92 Å². The second-order valence-corrected chi connectivity index (χ2v) is 5.08. The molecular formula is C11H21N3S. The summed E-state index contributed by atoms with van der Waals surface area (Å²) in [5.41, 5.74) is 1.16. The van der Waals surface area contributed by atoms with E-state index in [1.807, 2.05) is 6.92 Å². The third-order valence-corrected chi connectivity index (χ3v) is 3.38. The molecule has 0 saturated carbocycles. The van der Waals surface area contributed by atoms with Crippen LogP contribution in [-0.4, -0.2) is 36.6 Å². The van der Waals surface area contributed by atoms with Crippen molar-refractivity contribution < 1.29 is 0 Å². The van der Waals surface area contributed by atoms with Crippen molar-refractivity contribution in [3.63, 3.8) is 0 Å². The van der Waals surface area contributed by atoms with E-state index in [4.69, 9.17) is 0 Å². The lowest BCUT2D eigenvalue weighted by molar-refractivity contribution is 0.275. The molecule has 0 spiro atoms. The van der Waals surface area contributed by atoms with E-state index in [1.54, 1.807) is 11.3 Å².